The Morgan fingerprint density at radius 1 is 1.23 bits per heavy atom. The van der Waals surface area contributed by atoms with E-state index in [1.165, 1.54) is 6.42 Å². The summed E-state index contributed by atoms with van der Waals surface area (Å²) >= 11 is 0. The van der Waals surface area contributed by atoms with Gasteiger partial charge in [-0.25, -0.2) is 4.79 Å². The van der Waals surface area contributed by atoms with Crippen molar-refractivity contribution in [2.45, 2.75) is 39.2 Å². The predicted molar refractivity (Wildman–Crippen MR) is 85.9 cm³/mol. The molecule has 22 heavy (non-hydrogen) atoms. The van der Waals surface area contributed by atoms with Gasteiger partial charge in [-0.1, -0.05) is 44.9 Å². The van der Waals surface area contributed by atoms with Crippen molar-refractivity contribution in [3.63, 3.8) is 0 Å². The molecule has 0 radical (unpaired) electrons. The van der Waals surface area contributed by atoms with E-state index in [2.05, 4.69) is 19.2 Å². The molecular formula is C18H21NO3. The van der Waals surface area contributed by atoms with Gasteiger partial charge in [-0.15, -0.1) is 0 Å². The van der Waals surface area contributed by atoms with Crippen LogP contribution < -0.4 is 10.9 Å². The number of rotatable bonds is 2. The second kappa shape index (κ2) is 5.95. The molecule has 116 valence electrons. The number of amides is 1. The molecule has 0 aliphatic heterocycles. The van der Waals surface area contributed by atoms with Gasteiger partial charge in [0, 0.05) is 11.4 Å². The maximum absolute atomic E-state index is 12.5. The molecule has 0 saturated heterocycles. The molecule has 2 aromatic rings. The highest BCUT2D eigenvalue weighted by atomic mass is 16.4. The van der Waals surface area contributed by atoms with Crippen LogP contribution in [0.15, 0.2) is 39.5 Å². The number of carbonyl (C=O) groups is 1. The molecular weight excluding hydrogens is 278 g/mol. The first-order valence-electron chi connectivity index (χ1n) is 7.90. The smallest absolute Gasteiger partial charge is 0.349 e. The molecule has 0 bridgehead atoms. The fourth-order valence-corrected chi connectivity index (χ4v) is 3.25. The average molecular weight is 299 g/mol. The summed E-state index contributed by atoms with van der Waals surface area (Å²) in [6.45, 7) is 4.38. The van der Waals surface area contributed by atoms with Crippen molar-refractivity contribution in [2.24, 2.45) is 11.8 Å². The third-order valence-corrected chi connectivity index (χ3v) is 4.91. The van der Waals surface area contributed by atoms with E-state index in [1.54, 1.807) is 18.2 Å². The van der Waals surface area contributed by atoms with Gasteiger partial charge in [-0.2, -0.15) is 0 Å². The predicted octanol–water partition coefficient (Wildman–Crippen LogP) is 3.35. The van der Waals surface area contributed by atoms with Crippen LogP contribution in [0.1, 0.15) is 43.5 Å². The Labute approximate surface area is 129 Å². The third-order valence-electron chi connectivity index (χ3n) is 4.91. The van der Waals surface area contributed by atoms with Gasteiger partial charge in [0.15, 0.2) is 0 Å². The van der Waals surface area contributed by atoms with Gasteiger partial charge in [0.05, 0.1) is 0 Å². The molecule has 1 aliphatic rings. The molecule has 1 amide bonds. The summed E-state index contributed by atoms with van der Waals surface area (Å²) in [6.07, 6.45) is 3.28. The van der Waals surface area contributed by atoms with Crippen LogP contribution in [0.3, 0.4) is 0 Å². The topological polar surface area (TPSA) is 59.3 Å². The van der Waals surface area contributed by atoms with Crippen LogP contribution in [-0.4, -0.2) is 11.9 Å². The zero-order valence-corrected chi connectivity index (χ0v) is 13.0. The minimum Gasteiger partial charge on any atom is -0.422 e. The summed E-state index contributed by atoms with van der Waals surface area (Å²) in [5, 5.41) is 3.78. The molecule has 1 aliphatic carbocycles. The van der Waals surface area contributed by atoms with Crippen molar-refractivity contribution in [2.75, 3.05) is 0 Å². The molecule has 0 unspecified atom stereocenters. The Morgan fingerprint density at radius 2 is 2.00 bits per heavy atom. The number of para-hydroxylation sites is 1. The number of fused-ring (bicyclic) bond motifs is 1. The number of benzene rings is 1. The largest absolute Gasteiger partial charge is 0.422 e. The van der Waals surface area contributed by atoms with Crippen LogP contribution in [-0.2, 0) is 0 Å². The van der Waals surface area contributed by atoms with E-state index < -0.39 is 5.63 Å². The second-order valence-electron chi connectivity index (χ2n) is 6.33. The third kappa shape index (κ3) is 2.78. The first kappa shape index (κ1) is 14.8. The van der Waals surface area contributed by atoms with Crippen LogP contribution in [0.25, 0.3) is 11.0 Å². The molecule has 3 atom stereocenters. The van der Waals surface area contributed by atoms with Crippen molar-refractivity contribution in [3.05, 3.63) is 46.3 Å². The molecule has 0 spiro atoms. The number of carbonyl (C=O) groups excluding carboxylic acids is 1. The van der Waals surface area contributed by atoms with Crippen LogP contribution in [0.4, 0.5) is 0 Å². The lowest BCUT2D eigenvalue weighted by Gasteiger charge is -2.34. The highest BCUT2D eigenvalue weighted by Gasteiger charge is 2.29. The summed E-state index contributed by atoms with van der Waals surface area (Å²) in [5.41, 5.74) is 0.0144. The second-order valence-corrected chi connectivity index (χ2v) is 6.33. The van der Waals surface area contributed by atoms with Crippen LogP contribution >= 0.6 is 0 Å². The van der Waals surface area contributed by atoms with E-state index in [0.717, 1.165) is 18.2 Å². The summed E-state index contributed by atoms with van der Waals surface area (Å²) < 4.78 is 5.23. The normalized spacial score (nSPS) is 25.1. The van der Waals surface area contributed by atoms with Gasteiger partial charge >= 0.3 is 5.63 Å². The molecule has 1 N–H and O–H groups in total. The Hall–Kier alpha value is -2.10. The van der Waals surface area contributed by atoms with Gasteiger partial charge < -0.3 is 9.73 Å². The summed E-state index contributed by atoms with van der Waals surface area (Å²) in [7, 11) is 0. The quantitative estimate of drug-likeness (QED) is 0.865. The first-order chi connectivity index (χ1) is 10.6. The number of hydrogen-bond acceptors (Lipinski definition) is 3. The molecule has 1 aromatic carbocycles. The average Bonchev–Trinajstić information content (AvgIpc) is 2.51. The fraction of sp³-hybridized carbons (Fsp3) is 0.444. The highest BCUT2D eigenvalue weighted by molar-refractivity contribution is 5.96. The lowest BCUT2D eigenvalue weighted by atomic mass is 9.78. The Kier molecular flexibility index (Phi) is 4.01. The minimum absolute atomic E-state index is 0.0872. The molecule has 1 saturated carbocycles. The number of nitrogens with one attached hydrogen (secondary N) is 1. The molecule has 1 fully saturated rings. The van der Waals surface area contributed by atoms with Gasteiger partial charge in [0.25, 0.3) is 5.91 Å². The van der Waals surface area contributed by atoms with E-state index in [4.69, 9.17) is 4.42 Å². The van der Waals surface area contributed by atoms with E-state index >= 15 is 0 Å². The number of hydrogen-bond donors (Lipinski definition) is 1. The van der Waals surface area contributed by atoms with Gasteiger partial charge in [-0.3, -0.25) is 4.79 Å². The van der Waals surface area contributed by atoms with Crippen LogP contribution in [0.2, 0.25) is 0 Å². The molecule has 3 rings (SSSR count). The maximum atomic E-state index is 12.5. The zero-order chi connectivity index (χ0) is 15.7. The van der Waals surface area contributed by atoms with Crippen molar-refractivity contribution in [3.8, 4) is 0 Å². The fourth-order valence-electron chi connectivity index (χ4n) is 3.25. The zero-order valence-electron chi connectivity index (χ0n) is 13.0. The van der Waals surface area contributed by atoms with Crippen molar-refractivity contribution in [1.29, 1.82) is 0 Å². The Balaban J connectivity index is 1.86. The molecule has 1 heterocycles. The molecule has 4 heteroatoms. The van der Waals surface area contributed by atoms with E-state index in [-0.39, 0.29) is 17.5 Å². The minimum atomic E-state index is -0.576. The van der Waals surface area contributed by atoms with Gasteiger partial charge in [0.1, 0.15) is 11.1 Å². The molecule has 4 nitrogen and oxygen atoms in total. The van der Waals surface area contributed by atoms with Gasteiger partial charge in [0.2, 0.25) is 0 Å². The van der Waals surface area contributed by atoms with Crippen LogP contribution in [0, 0.1) is 11.8 Å². The van der Waals surface area contributed by atoms with Gasteiger partial charge in [-0.05, 0) is 30.4 Å². The van der Waals surface area contributed by atoms with Crippen LogP contribution in [0.5, 0.6) is 0 Å². The standard InChI is InChI=1S/C18H21NO3/c1-11-6-5-8-15(12(11)2)19-17(20)14-10-13-7-3-4-9-16(13)22-18(14)21/h3-4,7,9-12,15H,5-6,8H2,1-2H3,(H,19,20)/t11-,12+,15+/m0/s1. The van der Waals surface area contributed by atoms with E-state index in [9.17, 15) is 9.59 Å². The summed E-state index contributed by atoms with van der Waals surface area (Å²) in [4.78, 5) is 24.5. The lowest BCUT2D eigenvalue weighted by Crippen LogP contribution is -2.44. The van der Waals surface area contributed by atoms with E-state index in [0.29, 0.717) is 17.4 Å². The maximum Gasteiger partial charge on any atom is 0.349 e. The van der Waals surface area contributed by atoms with E-state index in [1.807, 2.05) is 12.1 Å². The Morgan fingerprint density at radius 3 is 2.82 bits per heavy atom. The highest BCUT2D eigenvalue weighted by Crippen LogP contribution is 2.29. The lowest BCUT2D eigenvalue weighted by molar-refractivity contribution is 0.0887. The summed E-state index contributed by atoms with van der Waals surface area (Å²) in [5.74, 6) is 0.683. The van der Waals surface area contributed by atoms with Crippen molar-refractivity contribution in [1.82, 2.24) is 5.32 Å². The van der Waals surface area contributed by atoms with Crippen molar-refractivity contribution < 1.29 is 9.21 Å². The Bertz CT molecular complexity index is 749. The SMILES string of the molecule is C[C@@H]1[C@@H](C)CCC[C@H]1NC(=O)c1cc2ccccc2oc1=O. The summed E-state index contributed by atoms with van der Waals surface area (Å²) in [6, 6.07) is 8.96. The monoisotopic (exact) mass is 299 g/mol. The van der Waals surface area contributed by atoms with Crippen molar-refractivity contribution >= 4 is 16.9 Å². The molecule has 1 aromatic heterocycles. The first-order valence-corrected chi connectivity index (χ1v) is 7.90.